The van der Waals surface area contributed by atoms with Crippen molar-refractivity contribution >= 4 is 35.1 Å². The minimum absolute atomic E-state index is 0.0576. The summed E-state index contributed by atoms with van der Waals surface area (Å²) in [6.45, 7) is 4.57. The van der Waals surface area contributed by atoms with Gasteiger partial charge in [-0.2, -0.15) is 0 Å². The van der Waals surface area contributed by atoms with Crippen LogP contribution in [0.15, 0.2) is 0 Å². The molecule has 0 rings (SSSR count). The molecule has 7 heteroatoms. The Kier molecular flexibility index (Phi) is 12.8. The van der Waals surface area contributed by atoms with Gasteiger partial charge in [-0.05, 0) is 12.8 Å². The number of rotatable bonds is 12. The summed E-state index contributed by atoms with van der Waals surface area (Å²) < 4.78 is 15.0. The van der Waals surface area contributed by atoms with E-state index in [1.54, 1.807) is 0 Å². The molecular formula is C14H24Cl2O5. The third-order valence-corrected chi connectivity index (χ3v) is 3.13. The van der Waals surface area contributed by atoms with Gasteiger partial charge in [0.05, 0.1) is 26.4 Å². The van der Waals surface area contributed by atoms with Crippen molar-refractivity contribution in [2.45, 2.75) is 50.3 Å². The van der Waals surface area contributed by atoms with E-state index in [4.69, 9.17) is 37.4 Å². The summed E-state index contributed by atoms with van der Waals surface area (Å²) in [6, 6.07) is 0. The molecule has 124 valence electrons. The van der Waals surface area contributed by atoms with Crippen molar-refractivity contribution in [2.24, 2.45) is 0 Å². The molecule has 0 aromatic heterocycles. The van der Waals surface area contributed by atoms with Crippen LogP contribution in [-0.4, -0.2) is 49.1 Å². The van der Waals surface area contributed by atoms with Crippen molar-refractivity contribution < 1.29 is 23.8 Å². The molecule has 21 heavy (non-hydrogen) atoms. The summed E-state index contributed by atoms with van der Waals surface area (Å²) in [4.78, 5) is 22.9. The molecule has 0 radical (unpaired) electrons. The zero-order chi connectivity index (χ0) is 16.1. The van der Waals surface area contributed by atoms with E-state index in [2.05, 4.69) is 0 Å². The van der Waals surface area contributed by atoms with Crippen molar-refractivity contribution in [3.05, 3.63) is 0 Å². The average molecular weight is 343 g/mol. The molecule has 0 spiro atoms. The van der Waals surface area contributed by atoms with E-state index < -0.39 is 22.7 Å². The number of carbonyl (C=O) groups is 2. The second kappa shape index (κ2) is 13.2. The van der Waals surface area contributed by atoms with Gasteiger partial charge >= 0.3 is 11.9 Å². The smallest absolute Gasteiger partial charge is 0.326 e. The number of esters is 2. The zero-order valence-electron chi connectivity index (χ0n) is 12.6. The Balaban J connectivity index is 3.75. The SMILES string of the molecule is CCCCOC(=O)C(Cl)COCC(Cl)C(=O)OCCCC. The molecule has 2 atom stereocenters. The Hall–Kier alpha value is -0.520. The lowest BCUT2D eigenvalue weighted by molar-refractivity contribution is -0.145. The second-order valence-corrected chi connectivity index (χ2v) is 5.57. The molecule has 0 aliphatic heterocycles. The maximum atomic E-state index is 11.4. The van der Waals surface area contributed by atoms with Gasteiger partial charge in [-0.3, -0.25) is 9.59 Å². The van der Waals surface area contributed by atoms with Crippen molar-refractivity contribution in [1.82, 2.24) is 0 Å². The van der Waals surface area contributed by atoms with E-state index in [0.29, 0.717) is 13.2 Å². The van der Waals surface area contributed by atoms with Crippen molar-refractivity contribution in [2.75, 3.05) is 26.4 Å². The molecule has 0 aliphatic carbocycles. The van der Waals surface area contributed by atoms with Gasteiger partial charge in [-0.15, -0.1) is 23.2 Å². The molecule has 0 aromatic rings. The molecule has 0 saturated heterocycles. The van der Waals surface area contributed by atoms with Gasteiger partial charge in [0.1, 0.15) is 0 Å². The molecule has 0 aliphatic rings. The quantitative estimate of drug-likeness (QED) is 0.310. The lowest BCUT2D eigenvalue weighted by Gasteiger charge is -2.12. The van der Waals surface area contributed by atoms with Gasteiger partial charge < -0.3 is 14.2 Å². The van der Waals surface area contributed by atoms with Crippen molar-refractivity contribution in [3.8, 4) is 0 Å². The molecular weight excluding hydrogens is 319 g/mol. The van der Waals surface area contributed by atoms with Crippen LogP contribution in [0.3, 0.4) is 0 Å². The van der Waals surface area contributed by atoms with E-state index in [1.165, 1.54) is 0 Å². The Morgan fingerprint density at radius 1 is 0.857 bits per heavy atom. The average Bonchev–Trinajstić information content (AvgIpc) is 2.47. The lowest BCUT2D eigenvalue weighted by Crippen LogP contribution is -2.28. The standard InChI is InChI=1S/C14H24Cl2O5/c1-3-5-7-20-13(17)11(15)9-19-10-12(16)14(18)21-8-6-4-2/h11-12H,3-10H2,1-2H3. The summed E-state index contributed by atoms with van der Waals surface area (Å²) >= 11 is 11.6. The van der Waals surface area contributed by atoms with Gasteiger partial charge in [0.15, 0.2) is 10.8 Å². The predicted octanol–water partition coefficient (Wildman–Crippen LogP) is 2.90. The van der Waals surface area contributed by atoms with Crippen LogP contribution in [0.25, 0.3) is 0 Å². The number of hydrogen-bond acceptors (Lipinski definition) is 5. The largest absolute Gasteiger partial charge is 0.465 e. The van der Waals surface area contributed by atoms with E-state index >= 15 is 0 Å². The molecule has 0 amide bonds. The first-order chi connectivity index (χ1) is 10.0. The second-order valence-electron chi connectivity index (χ2n) is 4.51. The summed E-state index contributed by atoms with van der Waals surface area (Å²) in [5.41, 5.74) is 0. The van der Waals surface area contributed by atoms with E-state index in [9.17, 15) is 9.59 Å². The molecule has 0 aromatic carbocycles. The highest BCUT2D eigenvalue weighted by Crippen LogP contribution is 2.05. The fraction of sp³-hybridized carbons (Fsp3) is 0.857. The fourth-order valence-corrected chi connectivity index (χ4v) is 1.53. The predicted molar refractivity (Wildman–Crippen MR) is 81.8 cm³/mol. The van der Waals surface area contributed by atoms with Gasteiger partial charge in [0.2, 0.25) is 0 Å². The third-order valence-electron chi connectivity index (χ3n) is 2.52. The topological polar surface area (TPSA) is 61.8 Å². The minimum atomic E-state index is -0.901. The van der Waals surface area contributed by atoms with E-state index in [0.717, 1.165) is 25.7 Å². The van der Waals surface area contributed by atoms with E-state index in [1.807, 2.05) is 13.8 Å². The first-order valence-electron chi connectivity index (χ1n) is 7.22. The van der Waals surface area contributed by atoms with Crippen LogP contribution in [0.5, 0.6) is 0 Å². The molecule has 0 heterocycles. The Morgan fingerprint density at radius 2 is 1.24 bits per heavy atom. The third kappa shape index (κ3) is 10.8. The summed E-state index contributed by atoms with van der Waals surface area (Å²) in [6.07, 6.45) is 3.46. The first-order valence-corrected chi connectivity index (χ1v) is 8.09. The van der Waals surface area contributed by atoms with Gasteiger partial charge in [-0.1, -0.05) is 26.7 Å². The number of hydrogen-bond donors (Lipinski definition) is 0. The highest BCUT2D eigenvalue weighted by Gasteiger charge is 2.21. The number of carbonyl (C=O) groups excluding carboxylic acids is 2. The van der Waals surface area contributed by atoms with Crippen LogP contribution in [0.2, 0.25) is 0 Å². The van der Waals surface area contributed by atoms with Crippen molar-refractivity contribution in [1.29, 1.82) is 0 Å². The van der Waals surface area contributed by atoms with Gasteiger partial charge in [0.25, 0.3) is 0 Å². The van der Waals surface area contributed by atoms with Crippen LogP contribution >= 0.6 is 23.2 Å². The van der Waals surface area contributed by atoms with Crippen LogP contribution in [0.1, 0.15) is 39.5 Å². The maximum Gasteiger partial charge on any atom is 0.326 e. The molecule has 0 N–H and O–H groups in total. The van der Waals surface area contributed by atoms with Crippen LogP contribution in [-0.2, 0) is 23.8 Å². The monoisotopic (exact) mass is 342 g/mol. The molecule has 5 nitrogen and oxygen atoms in total. The fourth-order valence-electron chi connectivity index (χ4n) is 1.23. The number of alkyl halides is 2. The first kappa shape index (κ1) is 20.5. The molecule has 0 fully saturated rings. The van der Waals surface area contributed by atoms with Gasteiger partial charge in [0, 0.05) is 0 Å². The van der Waals surface area contributed by atoms with E-state index in [-0.39, 0.29) is 13.2 Å². The minimum Gasteiger partial charge on any atom is -0.465 e. The zero-order valence-corrected chi connectivity index (χ0v) is 14.1. The van der Waals surface area contributed by atoms with Gasteiger partial charge in [-0.25, -0.2) is 0 Å². The Bertz CT molecular complexity index is 271. The van der Waals surface area contributed by atoms with Crippen LogP contribution in [0, 0.1) is 0 Å². The Morgan fingerprint density at radius 3 is 1.57 bits per heavy atom. The number of halogens is 2. The highest BCUT2D eigenvalue weighted by molar-refractivity contribution is 6.30. The number of ether oxygens (including phenoxy) is 3. The summed E-state index contributed by atoms with van der Waals surface area (Å²) in [7, 11) is 0. The summed E-state index contributed by atoms with van der Waals surface area (Å²) in [5, 5.41) is -1.80. The molecule has 2 unspecified atom stereocenters. The number of unbranched alkanes of at least 4 members (excludes halogenated alkanes) is 2. The maximum absolute atomic E-state index is 11.4. The molecule has 0 saturated carbocycles. The van der Waals surface area contributed by atoms with Crippen LogP contribution < -0.4 is 0 Å². The Labute approximate surface area is 136 Å². The molecule has 0 bridgehead atoms. The lowest BCUT2D eigenvalue weighted by atomic mass is 10.3. The summed E-state index contributed by atoms with van der Waals surface area (Å²) in [5.74, 6) is -1.05. The van der Waals surface area contributed by atoms with Crippen molar-refractivity contribution in [3.63, 3.8) is 0 Å². The normalized spacial score (nSPS) is 13.5. The highest BCUT2D eigenvalue weighted by atomic mass is 35.5. The van der Waals surface area contributed by atoms with Crippen LogP contribution in [0.4, 0.5) is 0 Å².